The maximum Gasteiger partial charge on any atom is 0.529 e. The van der Waals surface area contributed by atoms with Gasteiger partial charge < -0.3 is 0 Å². The molecular formula is C6H14N2OP+. The zero-order chi connectivity index (χ0) is 7.40. The van der Waals surface area contributed by atoms with Crippen molar-refractivity contribution in [2.24, 2.45) is 5.50 Å². The maximum atomic E-state index is 10.5. The van der Waals surface area contributed by atoms with Gasteiger partial charge in [0, 0.05) is 0 Å². The molecule has 0 radical (unpaired) electrons. The van der Waals surface area contributed by atoms with E-state index in [9.17, 15) is 4.57 Å². The highest BCUT2D eigenvalue weighted by atomic mass is 31.1. The lowest BCUT2D eigenvalue weighted by Crippen LogP contribution is -2.26. The molecule has 1 atom stereocenters. The molecule has 0 heterocycles. The summed E-state index contributed by atoms with van der Waals surface area (Å²) in [4.78, 5) is 0. The first-order chi connectivity index (χ1) is 4.79. The predicted octanol–water partition coefficient (Wildman–Crippen LogP) is 1.52. The summed E-state index contributed by atoms with van der Waals surface area (Å²) in [5.74, 6) is 0. The minimum absolute atomic E-state index is 0.419. The Balaban J connectivity index is 2.19. The molecule has 0 aliphatic heterocycles. The zero-order valence-electron chi connectivity index (χ0n) is 6.05. The standard InChI is InChI=1S/C6H14N2OP/c7-10(9)8-6-4-2-1-3-5-6/h6H,1-5H2,(H3,7,8,9)/q+1. The average Bonchev–Trinajstić information content (AvgIpc) is 1.88. The third-order valence-corrected chi connectivity index (χ3v) is 2.53. The van der Waals surface area contributed by atoms with Gasteiger partial charge >= 0.3 is 8.10 Å². The molecule has 0 bridgehead atoms. The van der Waals surface area contributed by atoms with Gasteiger partial charge in [-0.1, -0.05) is 24.3 Å². The molecule has 10 heavy (non-hydrogen) atoms. The molecule has 4 heteroatoms. The molecule has 0 aromatic heterocycles. The normalized spacial score (nSPS) is 22.7. The van der Waals surface area contributed by atoms with Crippen LogP contribution in [0.15, 0.2) is 0 Å². The van der Waals surface area contributed by atoms with Crippen LogP contribution in [0.3, 0.4) is 0 Å². The Bertz CT molecular complexity index is 123. The Labute approximate surface area is 62.3 Å². The molecule has 0 amide bonds. The van der Waals surface area contributed by atoms with Gasteiger partial charge in [0.15, 0.2) is 0 Å². The first-order valence-electron chi connectivity index (χ1n) is 3.77. The lowest BCUT2D eigenvalue weighted by molar-refractivity contribution is 0.415. The summed E-state index contributed by atoms with van der Waals surface area (Å²) in [7, 11) is -1.62. The second kappa shape index (κ2) is 4.02. The van der Waals surface area contributed by atoms with Crippen LogP contribution in [0, 0.1) is 0 Å². The SMILES string of the molecule is N[P+](=O)NC1CCCCC1. The van der Waals surface area contributed by atoms with Gasteiger partial charge in [0.1, 0.15) is 0 Å². The van der Waals surface area contributed by atoms with E-state index in [1.807, 2.05) is 0 Å². The van der Waals surface area contributed by atoms with E-state index in [1.54, 1.807) is 0 Å². The second-order valence-electron chi connectivity index (χ2n) is 2.79. The van der Waals surface area contributed by atoms with Crippen LogP contribution in [0.4, 0.5) is 0 Å². The smallest absolute Gasteiger partial charge is 0.104 e. The van der Waals surface area contributed by atoms with Gasteiger partial charge in [-0.25, -0.2) is 0 Å². The van der Waals surface area contributed by atoms with Gasteiger partial charge in [-0.3, -0.25) is 0 Å². The number of hydrogen-bond acceptors (Lipinski definition) is 1. The lowest BCUT2D eigenvalue weighted by atomic mass is 9.96. The first kappa shape index (κ1) is 8.12. The van der Waals surface area contributed by atoms with Crippen molar-refractivity contribution < 1.29 is 4.57 Å². The molecule has 0 saturated heterocycles. The van der Waals surface area contributed by atoms with Crippen molar-refractivity contribution in [2.45, 2.75) is 38.1 Å². The van der Waals surface area contributed by atoms with Crippen molar-refractivity contribution in [3.8, 4) is 0 Å². The Hall–Kier alpha value is 0.0200. The van der Waals surface area contributed by atoms with E-state index in [2.05, 4.69) is 5.09 Å². The van der Waals surface area contributed by atoms with E-state index in [-0.39, 0.29) is 0 Å². The van der Waals surface area contributed by atoms with E-state index < -0.39 is 8.10 Å². The van der Waals surface area contributed by atoms with Gasteiger partial charge in [-0.05, 0) is 17.4 Å². The minimum atomic E-state index is -1.62. The molecule has 1 aliphatic carbocycles. The van der Waals surface area contributed by atoms with Crippen LogP contribution >= 0.6 is 8.10 Å². The van der Waals surface area contributed by atoms with Gasteiger partial charge in [-0.15, -0.1) is 5.50 Å². The molecule has 0 spiro atoms. The fourth-order valence-corrected chi connectivity index (χ4v) is 2.03. The number of hydrogen-bond donors (Lipinski definition) is 2. The third kappa shape index (κ3) is 2.74. The summed E-state index contributed by atoms with van der Waals surface area (Å²) in [6.07, 6.45) is 6.10. The van der Waals surface area contributed by atoms with Gasteiger partial charge in [0.05, 0.1) is 6.04 Å². The van der Waals surface area contributed by atoms with Gasteiger partial charge in [-0.2, -0.15) is 0 Å². The quantitative estimate of drug-likeness (QED) is 0.604. The summed E-state index contributed by atoms with van der Waals surface area (Å²) in [5, 5.41) is 2.87. The largest absolute Gasteiger partial charge is 0.529 e. The molecule has 1 rings (SSSR count). The highest BCUT2D eigenvalue weighted by Gasteiger charge is 2.19. The molecule has 1 unspecified atom stereocenters. The van der Waals surface area contributed by atoms with E-state index >= 15 is 0 Å². The molecular weight excluding hydrogens is 147 g/mol. The van der Waals surface area contributed by atoms with Crippen LogP contribution in [-0.2, 0) is 4.57 Å². The third-order valence-electron chi connectivity index (χ3n) is 1.91. The maximum absolute atomic E-state index is 10.5. The number of nitrogens with one attached hydrogen (secondary N) is 1. The second-order valence-corrected chi connectivity index (χ2v) is 3.70. The summed E-state index contributed by atoms with van der Waals surface area (Å²) >= 11 is 0. The Morgan fingerprint density at radius 1 is 1.30 bits per heavy atom. The predicted molar refractivity (Wildman–Crippen MR) is 41.8 cm³/mol. The Morgan fingerprint density at radius 3 is 2.40 bits per heavy atom. The summed E-state index contributed by atoms with van der Waals surface area (Å²) in [6, 6.07) is 0.419. The molecule has 1 aliphatic rings. The van der Waals surface area contributed by atoms with Gasteiger partial charge in [0.25, 0.3) is 0 Å². The van der Waals surface area contributed by atoms with E-state index in [0.717, 1.165) is 12.8 Å². The molecule has 0 aromatic carbocycles. The van der Waals surface area contributed by atoms with Crippen molar-refractivity contribution in [2.75, 3.05) is 0 Å². The summed E-state index contributed by atoms with van der Waals surface area (Å²) in [6.45, 7) is 0. The molecule has 3 nitrogen and oxygen atoms in total. The van der Waals surface area contributed by atoms with Crippen molar-refractivity contribution in [1.29, 1.82) is 0 Å². The van der Waals surface area contributed by atoms with Gasteiger partial charge in [0.2, 0.25) is 0 Å². The summed E-state index contributed by atoms with van der Waals surface area (Å²) < 4.78 is 10.5. The lowest BCUT2D eigenvalue weighted by Gasteiger charge is -2.16. The minimum Gasteiger partial charge on any atom is -0.104 e. The van der Waals surface area contributed by atoms with Crippen molar-refractivity contribution in [3.63, 3.8) is 0 Å². The number of nitrogens with two attached hydrogens (primary N) is 1. The van der Waals surface area contributed by atoms with Crippen molar-refractivity contribution in [3.05, 3.63) is 0 Å². The molecule has 1 saturated carbocycles. The molecule has 3 N–H and O–H groups in total. The van der Waals surface area contributed by atoms with E-state index in [0.29, 0.717) is 6.04 Å². The summed E-state index contributed by atoms with van der Waals surface area (Å²) in [5.41, 5.74) is 5.12. The highest BCUT2D eigenvalue weighted by Crippen LogP contribution is 2.20. The van der Waals surface area contributed by atoms with Crippen LogP contribution in [-0.4, -0.2) is 6.04 Å². The fraction of sp³-hybridized carbons (Fsp3) is 1.00. The number of rotatable bonds is 2. The highest BCUT2D eigenvalue weighted by molar-refractivity contribution is 7.39. The molecule has 58 valence electrons. The van der Waals surface area contributed by atoms with Crippen LogP contribution in [0.1, 0.15) is 32.1 Å². The van der Waals surface area contributed by atoms with Crippen LogP contribution < -0.4 is 10.6 Å². The van der Waals surface area contributed by atoms with E-state index in [1.165, 1.54) is 19.3 Å². The van der Waals surface area contributed by atoms with E-state index in [4.69, 9.17) is 5.50 Å². The monoisotopic (exact) mass is 161 g/mol. The fourth-order valence-electron chi connectivity index (χ4n) is 1.41. The van der Waals surface area contributed by atoms with Crippen LogP contribution in [0.5, 0.6) is 0 Å². The Kier molecular flexibility index (Phi) is 3.26. The Morgan fingerprint density at radius 2 is 1.90 bits per heavy atom. The zero-order valence-corrected chi connectivity index (χ0v) is 6.94. The average molecular weight is 161 g/mol. The van der Waals surface area contributed by atoms with Crippen molar-refractivity contribution in [1.82, 2.24) is 5.09 Å². The van der Waals surface area contributed by atoms with Crippen LogP contribution in [0.2, 0.25) is 0 Å². The first-order valence-corrected chi connectivity index (χ1v) is 5.10. The van der Waals surface area contributed by atoms with Crippen LogP contribution in [0.25, 0.3) is 0 Å². The topological polar surface area (TPSA) is 55.1 Å². The van der Waals surface area contributed by atoms with Crippen molar-refractivity contribution >= 4 is 8.10 Å². The molecule has 1 fully saturated rings. The molecule has 0 aromatic rings.